The van der Waals surface area contributed by atoms with Crippen molar-refractivity contribution < 1.29 is 4.39 Å². The van der Waals surface area contributed by atoms with E-state index in [9.17, 15) is 4.39 Å². The van der Waals surface area contributed by atoms with Crippen LogP contribution < -0.4 is 11.1 Å². The van der Waals surface area contributed by atoms with Crippen LogP contribution >= 0.6 is 11.6 Å². The van der Waals surface area contributed by atoms with E-state index in [2.05, 4.69) is 10.3 Å². The Kier molecular flexibility index (Phi) is 3.16. The molecule has 100 valence electrons. The van der Waals surface area contributed by atoms with Crippen LogP contribution in [0, 0.1) is 5.82 Å². The highest BCUT2D eigenvalue weighted by atomic mass is 35.5. The molecular weight excluding hydrogens is 277 g/mol. The number of hydrogen-bond acceptors (Lipinski definition) is 3. The molecule has 0 spiro atoms. The topological polar surface area (TPSA) is 50.9 Å². The van der Waals surface area contributed by atoms with E-state index in [-0.39, 0.29) is 5.82 Å². The molecule has 0 saturated heterocycles. The Morgan fingerprint density at radius 3 is 2.80 bits per heavy atom. The average molecular weight is 288 g/mol. The summed E-state index contributed by atoms with van der Waals surface area (Å²) in [5.74, 6) is -0.372. The molecule has 0 saturated carbocycles. The molecule has 3 N–H and O–H groups in total. The molecule has 0 fully saturated rings. The molecule has 1 aromatic heterocycles. The Balaban J connectivity index is 2.11. The van der Waals surface area contributed by atoms with Crippen molar-refractivity contribution in [3.05, 3.63) is 59.5 Å². The fraction of sp³-hybridized carbons (Fsp3) is 0. The van der Waals surface area contributed by atoms with E-state index in [4.69, 9.17) is 17.3 Å². The molecule has 0 bridgehead atoms. The molecule has 0 amide bonds. The molecule has 2 aromatic carbocycles. The minimum absolute atomic E-state index is 0.312. The summed E-state index contributed by atoms with van der Waals surface area (Å²) in [5, 5.41) is 4.32. The van der Waals surface area contributed by atoms with Gasteiger partial charge in [-0.05, 0) is 42.5 Å². The van der Waals surface area contributed by atoms with Crippen molar-refractivity contribution in [3.63, 3.8) is 0 Å². The minimum Gasteiger partial charge on any atom is -0.397 e. The molecule has 0 aliphatic heterocycles. The van der Waals surface area contributed by atoms with Gasteiger partial charge < -0.3 is 11.1 Å². The van der Waals surface area contributed by atoms with Crippen LogP contribution in [0.25, 0.3) is 10.9 Å². The van der Waals surface area contributed by atoms with Crippen molar-refractivity contribution in [2.24, 2.45) is 0 Å². The first-order valence-corrected chi connectivity index (χ1v) is 6.38. The molecule has 3 aromatic rings. The number of nitrogens with zero attached hydrogens (tertiary/aromatic N) is 1. The number of fused-ring (bicyclic) bond motifs is 1. The summed E-state index contributed by atoms with van der Waals surface area (Å²) in [4.78, 5) is 4.24. The van der Waals surface area contributed by atoms with Gasteiger partial charge in [0, 0.05) is 22.3 Å². The zero-order chi connectivity index (χ0) is 14.1. The molecular formula is C15H11ClFN3. The van der Waals surface area contributed by atoms with Gasteiger partial charge in [0.15, 0.2) is 0 Å². The van der Waals surface area contributed by atoms with E-state index in [1.54, 1.807) is 24.4 Å². The molecule has 5 heteroatoms. The van der Waals surface area contributed by atoms with E-state index in [0.29, 0.717) is 21.9 Å². The number of nitrogens with one attached hydrogen (secondary N) is 1. The molecule has 1 heterocycles. The van der Waals surface area contributed by atoms with E-state index < -0.39 is 0 Å². The third-order valence-corrected chi connectivity index (χ3v) is 3.23. The van der Waals surface area contributed by atoms with Crippen LogP contribution in [0.4, 0.5) is 21.5 Å². The first-order valence-electron chi connectivity index (χ1n) is 6.00. The number of hydrogen-bond donors (Lipinski definition) is 2. The molecule has 20 heavy (non-hydrogen) atoms. The molecule has 0 unspecified atom stereocenters. The van der Waals surface area contributed by atoms with Gasteiger partial charge in [0.1, 0.15) is 5.82 Å². The number of benzene rings is 2. The maximum absolute atomic E-state index is 13.8. The van der Waals surface area contributed by atoms with Gasteiger partial charge in [-0.15, -0.1) is 0 Å². The Morgan fingerprint density at radius 2 is 1.95 bits per heavy atom. The van der Waals surface area contributed by atoms with E-state index in [1.807, 2.05) is 6.07 Å². The zero-order valence-corrected chi connectivity index (χ0v) is 11.2. The largest absolute Gasteiger partial charge is 0.397 e. The molecule has 0 atom stereocenters. The van der Waals surface area contributed by atoms with Crippen LogP contribution in [-0.2, 0) is 0 Å². The van der Waals surface area contributed by atoms with Crippen LogP contribution in [-0.4, -0.2) is 4.98 Å². The Labute approximate surface area is 120 Å². The summed E-state index contributed by atoms with van der Waals surface area (Å²) in [5.41, 5.74) is 8.19. The summed E-state index contributed by atoms with van der Waals surface area (Å²) >= 11 is 5.89. The predicted molar refractivity (Wildman–Crippen MR) is 80.8 cm³/mol. The van der Waals surface area contributed by atoms with Crippen molar-refractivity contribution >= 4 is 39.6 Å². The lowest BCUT2D eigenvalue weighted by Gasteiger charge is -2.11. The number of nitrogens with two attached hydrogens (primary N) is 1. The van der Waals surface area contributed by atoms with Crippen molar-refractivity contribution in [1.82, 2.24) is 4.98 Å². The summed E-state index contributed by atoms with van der Waals surface area (Å²) in [7, 11) is 0. The van der Waals surface area contributed by atoms with Crippen LogP contribution in [0.15, 0.2) is 48.7 Å². The maximum atomic E-state index is 13.8. The third kappa shape index (κ3) is 2.26. The van der Waals surface area contributed by atoms with E-state index in [1.165, 1.54) is 18.2 Å². The number of anilines is 3. The second kappa shape index (κ2) is 4.98. The first kappa shape index (κ1) is 12.7. The van der Waals surface area contributed by atoms with Gasteiger partial charge in [-0.1, -0.05) is 11.6 Å². The van der Waals surface area contributed by atoms with Gasteiger partial charge in [0.2, 0.25) is 0 Å². The van der Waals surface area contributed by atoms with Gasteiger partial charge >= 0.3 is 0 Å². The SMILES string of the molecule is Nc1ccc(Nc2cc(Cl)ccc2F)c2cccnc12. The molecule has 3 nitrogen and oxygen atoms in total. The standard InChI is InChI=1S/C15H11ClFN3/c16-9-3-4-11(17)14(8-9)20-13-6-5-12(18)15-10(13)2-1-7-19-15/h1-8,20H,18H2. The van der Waals surface area contributed by atoms with Crippen LogP contribution in [0.5, 0.6) is 0 Å². The van der Waals surface area contributed by atoms with Gasteiger partial charge in [0.25, 0.3) is 0 Å². The summed E-state index contributed by atoms with van der Waals surface area (Å²) in [6.45, 7) is 0. The van der Waals surface area contributed by atoms with Crippen LogP contribution in [0.3, 0.4) is 0 Å². The minimum atomic E-state index is -0.372. The summed E-state index contributed by atoms with van der Waals surface area (Å²) in [6, 6.07) is 11.6. The monoisotopic (exact) mass is 287 g/mol. The Bertz CT molecular complexity index is 789. The smallest absolute Gasteiger partial charge is 0.146 e. The lowest BCUT2D eigenvalue weighted by Crippen LogP contribution is -1.97. The van der Waals surface area contributed by atoms with Gasteiger partial charge in [0.05, 0.1) is 16.9 Å². The average Bonchev–Trinajstić information content (AvgIpc) is 2.46. The number of rotatable bonds is 2. The first-order chi connectivity index (χ1) is 9.65. The number of nitrogen functional groups attached to an aromatic ring is 1. The highest BCUT2D eigenvalue weighted by molar-refractivity contribution is 6.30. The molecule has 0 radical (unpaired) electrons. The zero-order valence-electron chi connectivity index (χ0n) is 10.4. The number of pyridine rings is 1. The maximum Gasteiger partial charge on any atom is 0.146 e. The molecule has 0 aliphatic carbocycles. The summed E-state index contributed by atoms with van der Waals surface area (Å²) in [6.07, 6.45) is 1.67. The predicted octanol–water partition coefficient (Wildman–Crippen LogP) is 4.35. The second-order valence-electron chi connectivity index (χ2n) is 4.35. The number of aromatic nitrogens is 1. The van der Waals surface area contributed by atoms with Gasteiger partial charge in [-0.3, -0.25) is 4.98 Å². The Morgan fingerprint density at radius 1 is 1.10 bits per heavy atom. The van der Waals surface area contributed by atoms with Crippen molar-refractivity contribution in [2.45, 2.75) is 0 Å². The van der Waals surface area contributed by atoms with Gasteiger partial charge in [-0.25, -0.2) is 4.39 Å². The normalized spacial score (nSPS) is 10.7. The fourth-order valence-corrected chi connectivity index (χ4v) is 2.21. The van der Waals surface area contributed by atoms with Crippen molar-refractivity contribution in [1.29, 1.82) is 0 Å². The fourth-order valence-electron chi connectivity index (χ4n) is 2.04. The molecule has 0 aliphatic rings. The third-order valence-electron chi connectivity index (χ3n) is 3.00. The van der Waals surface area contributed by atoms with Crippen molar-refractivity contribution in [2.75, 3.05) is 11.1 Å². The molecule has 3 rings (SSSR count). The van der Waals surface area contributed by atoms with Crippen LogP contribution in [0.1, 0.15) is 0 Å². The number of halogens is 2. The van der Waals surface area contributed by atoms with Gasteiger partial charge in [-0.2, -0.15) is 0 Å². The lowest BCUT2D eigenvalue weighted by molar-refractivity contribution is 0.632. The Hall–Kier alpha value is -2.33. The lowest BCUT2D eigenvalue weighted by atomic mass is 10.1. The second-order valence-corrected chi connectivity index (χ2v) is 4.79. The summed E-state index contributed by atoms with van der Waals surface area (Å²) < 4.78 is 13.8. The van der Waals surface area contributed by atoms with E-state index in [0.717, 1.165) is 11.1 Å². The van der Waals surface area contributed by atoms with Crippen molar-refractivity contribution in [3.8, 4) is 0 Å². The van der Waals surface area contributed by atoms with E-state index >= 15 is 0 Å². The highest BCUT2D eigenvalue weighted by Crippen LogP contribution is 2.30. The highest BCUT2D eigenvalue weighted by Gasteiger charge is 2.08. The van der Waals surface area contributed by atoms with Crippen LogP contribution in [0.2, 0.25) is 5.02 Å². The quantitative estimate of drug-likeness (QED) is 0.689.